The molecule has 0 aliphatic rings. The van der Waals surface area contributed by atoms with Gasteiger partial charge in [0.2, 0.25) is 0 Å². The lowest BCUT2D eigenvalue weighted by Gasteiger charge is -2.44. The van der Waals surface area contributed by atoms with Crippen molar-refractivity contribution < 1.29 is 15.0 Å². The van der Waals surface area contributed by atoms with Gasteiger partial charge in [0.1, 0.15) is 17.4 Å². The highest BCUT2D eigenvalue weighted by Gasteiger charge is 2.46. The van der Waals surface area contributed by atoms with E-state index in [4.69, 9.17) is 10.1 Å². The summed E-state index contributed by atoms with van der Waals surface area (Å²) in [6, 6.07) is 6.93. The Morgan fingerprint density at radius 3 is 2.13 bits per heavy atom. The zero-order valence-electron chi connectivity index (χ0n) is 18.5. The van der Waals surface area contributed by atoms with Gasteiger partial charge in [-0.05, 0) is 34.8 Å². The summed E-state index contributed by atoms with van der Waals surface area (Å²) in [6.45, 7) is 13.8. The maximum atomic E-state index is 11.2. The Labute approximate surface area is 178 Å². The van der Waals surface area contributed by atoms with Gasteiger partial charge >= 0.3 is 5.97 Å². The molecule has 0 saturated heterocycles. The van der Waals surface area contributed by atoms with E-state index in [0.29, 0.717) is 22.2 Å². The normalized spacial score (nSPS) is 13.5. The van der Waals surface area contributed by atoms with Crippen LogP contribution in [0.25, 0.3) is 11.0 Å². The molecule has 3 aromatic rings. The summed E-state index contributed by atoms with van der Waals surface area (Å²) in [4.78, 5) is 19.8. The molecular weight excluding hydrogens is 394 g/mol. The standard InChI is InChI=1S/C23H31N3O3Si/c1-14(2)30(15(3)4,16(5)6)26-13-19(18-8-7-11-24-22(18)26)21(27)17-9-10-20(23(28)29)25-12-17/h7-16,21,27H,1-6H3,(H,28,29). The smallest absolute Gasteiger partial charge is 0.354 e. The number of fused-ring (bicyclic) bond motifs is 1. The second-order valence-corrected chi connectivity index (χ2v) is 14.6. The van der Waals surface area contributed by atoms with Gasteiger partial charge in [-0.15, -0.1) is 0 Å². The fourth-order valence-corrected chi connectivity index (χ4v) is 11.9. The number of rotatable bonds is 7. The number of hydrogen-bond acceptors (Lipinski definition) is 4. The second kappa shape index (κ2) is 8.32. The van der Waals surface area contributed by atoms with Gasteiger partial charge in [-0.2, -0.15) is 0 Å². The van der Waals surface area contributed by atoms with Crippen LogP contribution < -0.4 is 0 Å². The molecule has 2 N–H and O–H groups in total. The van der Waals surface area contributed by atoms with Gasteiger partial charge in [-0.1, -0.05) is 47.6 Å². The third-order valence-corrected chi connectivity index (χ3v) is 13.1. The van der Waals surface area contributed by atoms with Gasteiger partial charge in [0.25, 0.3) is 0 Å². The molecule has 0 amide bonds. The van der Waals surface area contributed by atoms with E-state index in [1.807, 2.05) is 12.1 Å². The summed E-state index contributed by atoms with van der Waals surface area (Å²) in [5.41, 5.74) is 3.66. The summed E-state index contributed by atoms with van der Waals surface area (Å²) >= 11 is 0. The second-order valence-electron chi connectivity index (χ2n) is 8.86. The minimum Gasteiger partial charge on any atom is -0.477 e. The minimum absolute atomic E-state index is 0.0408. The van der Waals surface area contributed by atoms with Crippen molar-refractivity contribution in [2.24, 2.45) is 0 Å². The number of pyridine rings is 2. The van der Waals surface area contributed by atoms with Crippen LogP contribution in [0.5, 0.6) is 0 Å². The molecule has 3 rings (SSSR count). The lowest BCUT2D eigenvalue weighted by molar-refractivity contribution is 0.0690. The third-order valence-electron chi connectivity index (χ3n) is 6.40. The molecule has 3 heterocycles. The average Bonchev–Trinajstić information content (AvgIpc) is 3.07. The van der Waals surface area contributed by atoms with Crippen LogP contribution in [-0.4, -0.2) is 38.6 Å². The summed E-state index contributed by atoms with van der Waals surface area (Å²) in [7, 11) is -2.07. The highest BCUT2D eigenvalue weighted by atomic mass is 28.3. The molecule has 160 valence electrons. The van der Waals surface area contributed by atoms with Crippen LogP contribution >= 0.6 is 0 Å². The zero-order valence-corrected chi connectivity index (χ0v) is 19.5. The molecule has 6 nitrogen and oxygen atoms in total. The largest absolute Gasteiger partial charge is 0.477 e. The van der Waals surface area contributed by atoms with E-state index in [9.17, 15) is 9.90 Å². The van der Waals surface area contributed by atoms with Crippen molar-refractivity contribution in [2.45, 2.75) is 64.3 Å². The van der Waals surface area contributed by atoms with Crippen molar-refractivity contribution in [2.75, 3.05) is 0 Å². The highest BCUT2D eigenvalue weighted by Crippen LogP contribution is 2.45. The maximum Gasteiger partial charge on any atom is 0.354 e. The van der Waals surface area contributed by atoms with Crippen molar-refractivity contribution in [1.82, 2.24) is 14.2 Å². The van der Waals surface area contributed by atoms with Crippen LogP contribution in [0.4, 0.5) is 0 Å². The van der Waals surface area contributed by atoms with Crippen molar-refractivity contribution in [3.8, 4) is 0 Å². The maximum absolute atomic E-state index is 11.2. The van der Waals surface area contributed by atoms with E-state index in [1.54, 1.807) is 12.3 Å². The number of nitrogens with zero attached hydrogens (tertiary/aromatic N) is 3. The molecular formula is C23H31N3O3Si. The lowest BCUT2D eigenvalue weighted by Crippen LogP contribution is -2.51. The number of carbonyl (C=O) groups is 1. The van der Waals surface area contributed by atoms with Crippen LogP contribution in [0.15, 0.2) is 42.9 Å². The predicted octanol–water partition coefficient (Wildman–Crippen LogP) is 5.23. The fourth-order valence-electron chi connectivity index (χ4n) is 5.30. The molecule has 1 unspecified atom stereocenters. The highest BCUT2D eigenvalue weighted by molar-refractivity contribution is 6.82. The molecule has 30 heavy (non-hydrogen) atoms. The van der Waals surface area contributed by atoms with Gasteiger partial charge in [-0.3, -0.25) is 0 Å². The van der Waals surface area contributed by atoms with E-state index >= 15 is 0 Å². The Hall–Kier alpha value is -2.51. The molecule has 7 heteroatoms. The number of aromatic nitrogens is 3. The third kappa shape index (κ3) is 3.46. The van der Waals surface area contributed by atoms with E-state index < -0.39 is 20.3 Å². The van der Waals surface area contributed by atoms with E-state index in [1.165, 1.54) is 12.3 Å². The molecule has 0 aromatic carbocycles. The molecule has 0 aliphatic carbocycles. The quantitative estimate of drug-likeness (QED) is 0.506. The van der Waals surface area contributed by atoms with Gasteiger partial charge in [0.05, 0.1) is 0 Å². The zero-order chi connectivity index (χ0) is 22.2. The van der Waals surface area contributed by atoms with Gasteiger partial charge in [0, 0.05) is 35.1 Å². The number of carboxylic acids is 1. The summed E-state index contributed by atoms with van der Waals surface area (Å²) in [5, 5.41) is 21.2. The number of aliphatic hydroxyl groups is 1. The van der Waals surface area contributed by atoms with Crippen molar-refractivity contribution in [1.29, 1.82) is 0 Å². The van der Waals surface area contributed by atoms with Gasteiger partial charge in [-0.25, -0.2) is 14.8 Å². The van der Waals surface area contributed by atoms with Crippen LogP contribution in [-0.2, 0) is 0 Å². The first-order valence-electron chi connectivity index (χ1n) is 10.5. The van der Waals surface area contributed by atoms with E-state index in [2.05, 4.69) is 57.0 Å². The fraction of sp³-hybridized carbons (Fsp3) is 0.435. The van der Waals surface area contributed by atoms with Crippen molar-refractivity contribution >= 4 is 25.2 Å². The van der Waals surface area contributed by atoms with Gasteiger partial charge < -0.3 is 14.4 Å². The molecule has 0 spiro atoms. The molecule has 0 fully saturated rings. The topological polar surface area (TPSA) is 88.2 Å². The van der Waals surface area contributed by atoms with Crippen molar-refractivity contribution in [3.63, 3.8) is 0 Å². The van der Waals surface area contributed by atoms with Crippen LogP contribution in [0, 0.1) is 0 Å². The first kappa shape index (κ1) is 22.2. The summed E-state index contributed by atoms with van der Waals surface area (Å²) in [6.07, 6.45) is 4.41. The first-order valence-corrected chi connectivity index (χ1v) is 12.6. The minimum atomic E-state index is -2.07. The Morgan fingerprint density at radius 1 is 1.00 bits per heavy atom. The molecule has 0 bridgehead atoms. The average molecular weight is 426 g/mol. The monoisotopic (exact) mass is 425 g/mol. The molecule has 0 radical (unpaired) electrons. The van der Waals surface area contributed by atoms with E-state index in [-0.39, 0.29) is 5.69 Å². The molecule has 1 atom stereocenters. The number of aliphatic hydroxyl groups excluding tert-OH is 1. The molecule has 0 aliphatic heterocycles. The van der Waals surface area contributed by atoms with E-state index in [0.717, 1.165) is 16.6 Å². The van der Waals surface area contributed by atoms with Crippen LogP contribution in [0.3, 0.4) is 0 Å². The SMILES string of the molecule is CC(C)[Si](C(C)C)(C(C)C)n1cc(C(O)c2ccc(C(=O)O)nc2)c2cccnc21. The number of aromatic carboxylic acids is 1. The number of hydrogen-bond donors (Lipinski definition) is 2. The predicted molar refractivity (Wildman–Crippen MR) is 121 cm³/mol. The van der Waals surface area contributed by atoms with Crippen LogP contribution in [0.2, 0.25) is 16.6 Å². The number of carboxylic acid groups (broad SMARTS) is 1. The molecule has 3 aromatic heterocycles. The first-order chi connectivity index (χ1) is 14.1. The van der Waals surface area contributed by atoms with Crippen LogP contribution in [0.1, 0.15) is 69.3 Å². The molecule has 0 saturated carbocycles. The summed E-state index contributed by atoms with van der Waals surface area (Å²) in [5.74, 6) is -1.08. The van der Waals surface area contributed by atoms with Gasteiger partial charge in [0.15, 0.2) is 8.24 Å². The Morgan fingerprint density at radius 2 is 1.63 bits per heavy atom. The van der Waals surface area contributed by atoms with Crippen molar-refractivity contribution in [3.05, 3.63) is 59.7 Å². The lowest BCUT2D eigenvalue weighted by atomic mass is 10.0. The Bertz CT molecular complexity index is 1020. The Kier molecular flexibility index (Phi) is 6.15. The Balaban J connectivity index is 2.22. The summed E-state index contributed by atoms with van der Waals surface area (Å²) < 4.78 is 2.39.